The highest BCUT2D eigenvalue weighted by Gasteiger charge is 2.21. The number of carbonyl (C=O) groups excluding carboxylic acids is 1. The number of aliphatic hydroxyl groups excluding tert-OH is 1. The van der Waals surface area contributed by atoms with Gasteiger partial charge in [0.15, 0.2) is 0 Å². The van der Waals surface area contributed by atoms with Gasteiger partial charge in [-0.25, -0.2) is 0 Å². The molecule has 0 saturated heterocycles. The van der Waals surface area contributed by atoms with Crippen LogP contribution in [0.2, 0.25) is 0 Å². The molecule has 19 heavy (non-hydrogen) atoms. The van der Waals surface area contributed by atoms with Gasteiger partial charge in [0, 0.05) is 11.7 Å². The molecule has 0 aliphatic heterocycles. The lowest BCUT2D eigenvalue weighted by Crippen LogP contribution is -2.45. The third kappa shape index (κ3) is 4.05. The number of benzene rings is 1. The van der Waals surface area contributed by atoms with Crippen molar-refractivity contribution in [3.8, 4) is 6.07 Å². The van der Waals surface area contributed by atoms with Crippen LogP contribution in [0.5, 0.6) is 0 Å². The van der Waals surface area contributed by atoms with Gasteiger partial charge in [-0.3, -0.25) is 9.69 Å². The summed E-state index contributed by atoms with van der Waals surface area (Å²) in [5.74, 6) is -0.169. The van der Waals surface area contributed by atoms with E-state index in [4.69, 9.17) is 10.4 Å². The number of likely N-dealkylation sites (N-methyl/N-ethyl adjacent to an activating group) is 1. The third-order valence-corrected chi connectivity index (χ3v) is 3.21. The summed E-state index contributed by atoms with van der Waals surface area (Å²) in [7, 11) is 1.79. The maximum atomic E-state index is 12.1. The number of carbonyl (C=O) groups is 1. The Balaban J connectivity index is 2.71. The van der Waals surface area contributed by atoms with Crippen LogP contribution in [0.4, 0.5) is 5.69 Å². The van der Waals surface area contributed by atoms with E-state index in [1.807, 2.05) is 13.0 Å². The molecule has 0 radical (unpaired) electrons. The number of nitrogens with zero attached hydrogens (tertiary/aromatic N) is 2. The van der Waals surface area contributed by atoms with Crippen molar-refractivity contribution in [2.45, 2.75) is 25.9 Å². The van der Waals surface area contributed by atoms with Crippen LogP contribution in [-0.2, 0) is 4.79 Å². The van der Waals surface area contributed by atoms with Crippen molar-refractivity contribution in [1.29, 1.82) is 5.26 Å². The number of aliphatic hydroxyl groups is 1. The SMILES string of the molecule is CC(CO)N(C)C(C)C(=O)Nc1cccc(C#N)c1. The molecule has 2 N–H and O–H groups in total. The second-order valence-electron chi connectivity index (χ2n) is 4.55. The number of amides is 1. The van der Waals surface area contributed by atoms with Gasteiger partial charge in [0.25, 0.3) is 0 Å². The second kappa shape index (κ2) is 6.88. The molecule has 1 aromatic carbocycles. The van der Waals surface area contributed by atoms with E-state index in [-0.39, 0.29) is 24.6 Å². The molecule has 0 heterocycles. The number of nitrogens with one attached hydrogen (secondary N) is 1. The summed E-state index contributed by atoms with van der Waals surface area (Å²) in [5, 5.41) is 20.6. The summed E-state index contributed by atoms with van der Waals surface area (Å²) in [5.41, 5.74) is 1.10. The number of hydrogen-bond donors (Lipinski definition) is 2. The molecule has 0 fully saturated rings. The van der Waals surface area contributed by atoms with Gasteiger partial charge in [-0.1, -0.05) is 6.07 Å². The molecule has 2 atom stereocenters. The summed E-state index contributed by atoms with van der Waals surface area (Å²) < 4.78 is 0. The van der Waals surface area contributed by atoms with Gasteiger partial charge < -0.3 is 10.4 Å². The quantitative estimate of drug-likeness (QED) is 0.835. The van der Waals surface area contributed by atoms with E-state index in [0.717, 1.165) is 0 Å². The molecule has 0 aromatic heterocycles. The van der Waals surface area contributed by atoms with Crippen molar-refractivity contribution >= 4 is 11.6 Å². The average Bonchev–Trinajstić information content (AvgIpc) is 2.44. The predicted octanol–water partition coefficient (Wildman–Crippen LogP) is 1.20. The molecule has 0 aliphatic rings. The summed E-state index contributed by atoms with van der Waals surface area (Å²) in [6.45, 7) is 3.62. The van der Waals surface area contributed by atoms with E-state index >= 15 is 0 Å². The number of rotatable bonds is 5. The van der Waals surface area contributed by atoms with Gasteiger partial charge >= 0.3 is 0 Å². The zero-order chi connectivity index (χ0) is 14.4. The van der Waals surface area contributed by atoms with Crippen molar-refractivity contribution in [1.82, 2.24) is 4.90 Å². The lowest BCUT2D eigenvalue weighted by atomic mass is 10.2. The predicted molar refractivity (Wildman–Crippen MR) is 73.6 cm³/mol. The van der Waals surface area contributed by atoms with Crippen molar-refractivity contribution in [3.05, 3.63) is 29.8 Å². The van der Waals surface area contributed by atoms with Crippen LogP contribution >= 0.6 is 0 Å². The molecule has 0 saturated carbocycles. The van der Waals surface area contributed by atoms with Crippen molar-refractivity contribution in [2.24, 2.45) is 0 Å². The Kier molecular flexibility index (Phi) is 5.49. The monoisotopic (exact) mass is 261 g/mol. The summed E-state index contributed by atoms with van der Waals surface area (Å²) in [4.78, 5) is 13.9. The van der Waals surface area contributed by atoms with Gasteiger partial charge in [-0.05, 0) is 39.1 Å². The van der Waals surface area contributed by atoms with Crippen LogP contribution in [0.25, 0.3) is 0 Å². The smallest absolute Gasteiger partial charge is 0.241 e. The minimum absolute atomic E-state index is 0.00195. The van der Waals surface area contributed by atoms with Crippen molar-refractivity contribution in [2.75, 3.05) is 19.0 Å². The molecule has 1 rings (SSSR count). The van der Waals surface area contributed by atoms with E-state index in [0.29, 0.717) is 11.3 Å². The molecular weight excluding hydrogens is 242 g/mol. The molecule has 2 unspecified atom stereocenters. The average molecular weight is 261 g/mol. The topological polar surface area (TPSA) is 76.4 Å². The summed E-state index contributed by atoms with van der Waals surface area (Å²) in [6, 6.07) is 8.33. The molecule has 1 aromatic rings. The molecule has 5 heteroatoms. The van der Waals surface area contributed by atoms with Gasteiger partial charge in [-0.15, -0.1) is 0 Å². The van der Waals surface area contributed by atoms with Crippen LogP contribution in [0.15, 0.2) is 24.3 Å². The van der Waals surface area contributed by atoms with E-state index in [1.54, 1.807) is 43.1 Å². The van der Waals surface area contributed by atoms with Gasteiger partial charge in [0.1, 0.15) is 0 Å². The fourth-order valence-electron chi connectivity index (χ4n) is 1.61. The number of hydrogen-bond acceptors (Lipinski definition) is 4. The van der Waals surface area contributed by atoms with E-state index in [9.17, 15) is 4.79 Å². The fourth-order valence-corrected chi connectivity index (χ4v) is 1.61. The Morgan fingerprint density at radius 3 is 2.79 bits per heavy atom. The number of nitriles is 1. The standard InChI is InChI=1S/C14H19N3O2/c1-10(9-18)17(3)11(2)14(19)16-13-6-4-5-12(7-13)8-15/h4-7,10-11,18H,9H2,1-3H3,(H,16,19). The van der Waals surface area contributed by atoms with Crippen LogP contribution in [-0.4, -0.2) is 41.7 Å². The Labute approximate surface area is 113 Å². The van der Waals surface area contributed by atoms with E-state index < -0.39 is 0 Å². The molecule has 5 nitrogen and oxygen atoms in total. The molecule has 102 valence electrons. The molecule has 0 bridgehead atoms. The van der Waals surface area contributed by atoms with Crippen LogP contribution in [0, 0.1) is 11.3 Å². The molecule has 0 spiro atoms. The molecule has 1 amide bonds. The van der Waals surface area contributed by atoms with Crippen molar-refractivity contribution in [3.63, 3.8) is 0 Å². The Morgan fingerprint density at radius 1 is 1.53 bits per heavy atom. The van der Waals surface area contributed by atoms with Gasteiger partial charge in [0.2, 0.25) is 5.91 Å². The normalized spacial score (nSPS) is 13.7. The molecular formula is C14H19N3O2. The minimum atomic E-state index is -0.368. The number of anilines is 1. The Hall–Kier alpha value is -1.90. The highest BCUT2D eigenvalue weighted by Crippen LogP contribution is 2.11. The largest absolute Gasteiger partial charge is 0.395 e. The van der Waals surface area contributed by atoms with Gasteiger partial charge in [-0.2, -0.15) is 5.26 Å². The Bertz CT molecular complexity index is 482. The lowest BCUT2D eigenvalue weighted by molar-refractivity contribution is -0.121. The van der Waals surface area contributed by atoms with Crippen LogP contribution < -0.4 is 5.32 Å². The minimum Gasteiger partial charge on any atom is -0.395 e. The first kappa shape index (κ1) is 15.2. The molecule has 0 aliphatic carbocycles. The highest BCUT2D eigenvalue weighted by molar-refractivity contribution is 5.94. The van der Waals surface area contributed by atoms with E-state index in [2.05, 4.69) is 5.32 Å². The zero-order valence-electron chi connectivity index (χ0n) is 11.4. The first-order chi connectivity index (χ1) is 8.99. The van der Waals surface area contributed by atoms with Crippen molar-refractivity contribution < 1.29 is 9.90 Å². The third-order valence-electron chi connectivity index (χ3n) is 3.21. The van der Waals surface area contributed by atoms with Crippen LogP contribution in [0.1, 0.15) is 19.4 Å². The summed E-state index contributed by atoms with van der Waals surface area (Å²) in [6.07, 6.45) is 0. The van der Waals surface area contributed by atoms with E-state index in [1.165, 1.54) is 0 Å². The van der Waals surface area contributed by atoms with Gasteiger partial charge in [0.05, 0.1) is 24.3 Å². The first-order valence-corrected chi connectivity index (χ1v) is 6.13. The second-order valence-corrected chi connectivity index (χ2v) is 4.55. The first-order valence-electron chi connectivity index (χ1n) is 6.13. The Morgan fingerprint density at radius 2 is 2.21 bits per heavy atom. The maximum Gasteiger partial charge on any atom is 0.241 e. The lowest BCUT2D eigenvalue weighted by Gasteiger charge is -2.28. The highest BCUT2D eigenvalue weighted by atomic mass is 16.3. The zero-order valence-corrected chi connectivity index (χ0v) is 11.4. The summed E-state index contributed by atoms with van der Waals surface area (Å²) >= 11 is 0. The van der Waals surface area contributed by atoms with Crippen LogP contribution in [0.3, 0.4) is 0 Å². The maximum absolute atomic E-state index is 12.1. The fraction of sp³-hybridized carbons (Fsp3) is 0.429.